The van der Waals surface area contributed by atoms with Crippen LogP contribution in [0.2, 0.25) is 0 Å². The molecule has 1 N–H and O–H groups in total. The first-order valence-corrected chi connectivity index (χ1v) is 7.04. The molecule has 21 heavy (non-hydrogen) atoms. The van der Waals surface area contributed by atoms with Crippen LogP contribution in [0.3, 0.4) is 0 Å². The number of hydrogen-bond acceptors (Lipinski definition) is 4. The molecule has 2 amide bonds. The summed E-state index contributed by atoms with van der Waals surface area (Å²) in [7, 11) is 0. The average Bonchev–Trinajstić information content (AvgIpc) is 2.76. The number of nitrogens with one attached hydrogen (secondary N) is 1. The summed E-state index contributed by atoms with van der Waals surface area (Å²) in [5.74, 6) is 0.0824. The summed E-state index contributed by atoms with van der Waals surface area (Å²) < 4.78 is 5.44. The topological polar surface area (TPSA) is 67.8 Å². The highest BCUT2D eigenvalue weighted by molar-refractivity contribution is 8.18. The second-order valence-electron chi connectivity index (χ2n) is 4.19. The van der Waals surface area contributed by atoms with Crippen molar-refractivity contribution in [2.24, 2.45) is 4.99 Å². The van der Waals surface area contributed by atoms with E-state index in [2.05, 4.69) is 16.9 Å². The Bertz CT molecular complexity index is 650. The summed E-state index contributed by atoms with van der Waals surface area (Å²) in [6, 6.07) is 7.34. The largest absolute Gasteiger partial charge is 0.490 e. The Labute approximate surface area is 126 Å². The Morgan fingerprint density at radius 1 is 1.52 bits per heavy atom. The summed E-state index contributed by atoms with van der Waals surface area (Å²) >= 11 is 1.14. The molecule has 0 atom stereocenters. The average molecular weight is 302 g/mol. The fourth-order valence-electron chi connectivity index (χ4n) is 1.61. The summed E-state index contributed by atoms with van der Waals surface area (Å²) in [4.78, 5) is 26.9. The van der Waals surface area contributed by atoms with E-state index in [0.717, 1.165) is 17.3 Å². The highest BCUT2D eigenvalue weighted by Crippen LogP contribution is 2.28. The molecule has 1 aliphatic heterocycles. The molecule has 0 aliphatic carbocycles. The molecule has 2 rings (SSSR count). The van der Waals surface area contributed by atoms with E-state index >= 15 is 0 Å². The normalized spacial score (nSPS) is 15.8. The zero-order chi connectivity index (χ0) is 15.2. The minimum Gasteiger partial charge on any atom is -0.490 e. The van der Waals surface area contributed by atoms with E-state index in [1.165, 1.54) is 6.92 Å². The van der Waals surface area contributed by atoms with Crippen molar-refractivity contribution < 1.29 is 14.3 Å². The van der Waals surface area contributed by atoms with Crippen LogP contribution in [-0.2, 0) is 9.59 Å². The summed E-state index contributed by atoms with van der Waals surface area (Å²) in [5, 5.41) is 2.81. The molecule has 0 aromatic heterocycles. The van der Waals surface area contributed by atoms with Crippen LogP contribution in [-0.4, -0.2) is 23.6 Å². The van der Waals surface area contributed by atoms with E-state index < -0.39 is 0 Å². The molecule has 108 valence electrons. The van der Waals surface area contributed by atoms with Gasteiger partial charge in [-0.3, -0.25) is 9.59 Å². The van der Waals surface area contributed by atoms with Crippen molar-refractivity contribution in [2.45, 2.75) is 6.92 Å². The maximum Gasteiger partial charge on any atom is 0.286 e. The molecular formula is C15H14N2O3S. The molecule has 1 aliphatic rings. The minimum absolute atomic E-state index is 0.255. The predicted molar refractivity (Wildman–Crippen MR) is 84.0 cm³/mol. The van der Waals surface area contributed by atoms with Crippen molar-refractivity contribution >= 4 is 34.8 Å². The fraction of sp³-hybridized carbons (Fsp3) is 0.133. The number of ether oxygens (including phenoxy) is 1. The molecular weight excluding hydrogens is 288 g/mol. The predicted octanol–water partition coefficient (Wildman–Crippen LogP) is 2.36. The Morgan fingerprint density at radius 3 is 3.05 bits per heavy atom. The number of benzene rings is 1. The number of nitrogens with zero attached hydrogens (tertiary/aromatic N) is 1. The van der Waals surface area contributed by atoms with Crippen LogP contribution in [0.5, 0.6) is 5.75 Å². The van der Waals surface area contributed by atoms with Gasteiger partial charge in [-0.15, -0.1) is 0 Å². The van der Waals surface area contributed by atoms with Gasteiger partial charge in [0.25, 0.3) is 5.91 Å². The van der Waals surface area contributed by atoms with Gasteiger partial charge >= 0.3 is 0 Å². The third-order valence-corrected chi connectivity index (χ3v) is 3.33. The monoisotopic (exact) mass is 302 g/mol. The number of carbonyl (C=O) groups is 2. The van der Waals surface area contributed by atoms with Crippen molar-refractivity contribution in [1.29, 1.82) is 0 Å². The summed E-state index contributed by atoms with van der Waals surface area (Å²) in [5.41, 5.74) is 0.826. The van der Waals surface area contributed by atoms with Crippen LogP contribution in [0.1, 0.15) is 12.5 Å². The Hall–Kier alpha value is -2.34. The number of amidine groups is 1. The van der Waals surface area contributed by atoms with Crippen molar-refractivity contribution in [2.75, 3.05) is 6.61 Å². The van der Waals surface area contributed by atoms with Crippen LogP contribution in [0.25, 0.3) is 6.08 Å². The van der Waals surface area contributed by atoms with Crippen molar-refractivity contribution in [3.63, 3.8) is 0 Å². The van der Waals surface area contributed by atoms with Crippen LogP contribution in [0.4, 0.5) is 0 Å². The van der Waals surface area contributed by atoms with Gasteiger partial charge in [0, 0.05) is 6.92 Å². The Morgan fingerprint density at radius 2 is 2.33 bits per heavy atom. The van der Waals surface area contributed by atoms with Crippen LogP contribution < -0.4 is 10.1 Å². The molecule has 1 heterocycles. The van der Waals surface area contributed by atoms with E-state index in [1.807, 2.05) is 24.3 Å². The first-order valence-electron chi connectivity index (χ1n) is 6.22. The van der Waals surface area contributed by atoms with E-state index in [9.17, 15) is 9.59 Å². The quantitative estimate of drug-likeness (QED) is 0.685. The first-order chi connectivity index (χ1) is 10.1. The summed E-state index contributed by atoms with van der Waals surface area (Å²) in [6.07, 6.45) is 3.38. The number of amides is 2. The van der Waals surface area contributed by atoms with E-state index in [0.29, 0.717) is 22.4 Å². The van der Waals surface area contributed by atoms with Gasteiger partial charge in [-0.2, -0.15) is 4.99 Å². The number of hydrogen-bond donors (Lipinski definition) is 1. The molecule has 0 saturated carbocycles. The maximum atomic E-state index is 11.8. The number of thioether (sulfide) groups is 1. The Balaban J connectivity index is 2.12. The zero-order valence-electron chi connectivity index (χ0n) is 11.5. The van der Waals surface area contributed by atoms with Gasteiger partial charge in [-0.05, 0) is 35.5 Å². The maximum absolute atomic E-state index is 11.8. The zero-order valence-corrected chi connectivity index (χ0v) is 12.3. The lowest BCUT2D eigenvalue weighted by Gasteiger charge is -2.04. The summed E-state index contributed by atoms with van der Waals surface area (Å²) in [6.45, 7) is 5.38. The highest BCUT2D eigenvalue weighted by atomic mass is 32.2. The molecule has 0 saturated heterocycles. The fourth-order valence-corrected chi connectivity index (χ4v) is 2.47. The lowest BCUT2D eigenvalue weighted by molar-refractivity contribution is -0.117. The van der Waals surface area contributed by atoms with Crippen LogP contribution in [0, 0.1) is 0 Å². The molecule has 0 radical (unpaired) electrons. The second-order valence-corrected chi connectivity index (χ2v) is 5.22. The van der Waals surface area contributed by atoms with Gasteiger partial charge < -0.3 is 10.1 Å². The lowest BCUT2D eigenvalue weighted by atomic mass is 10.2. The van der Waals surface area contributed by atoms with Gasteiger partial charge in [0.1, 0.15) is 12.4 Å². The van der Waals surface area contributed by atoms with Crippen molar-refractivity contribution in [3.8, 4) is 5.75 Å². The van der Waals surface area contributed by atoms with Gasteiger partial charge in [-0.25, -0.2) is 0 Å². The van der Waals surface area contributed by atoms with Crippen LogP contribution >= 0.6 is 11.8 Å². The van der Waals surface area contributed by atoms with E-state index in [-0.39, 0.29) is 11.8 Å². The van der Waals surface area contributed by atoms with Gasteiger partial charge in [-0.1, -0.05) is 24.8 Å². The molecule has 0 spiro atoms. The highest BCUT2D eigenvalue weighted by Gasteiger charge is 2.22. The molecule has 0 bridgehead atoms. The second kappa shape index (κ2) is 6.90. The van der Waals surface area contributed by atoms with E-state index in [1.54, 1.807) is 12.2 Å². The van der Waals surface area contributed by atoms with Gasteiger partial charge in [0.2, 0.25) is 5.91 Å². The molecule has 1 aromatic rings. The van der Waals surface area contributed by atoms with Gasteiger partial charge in [0.15, 0.2) is 5.17 Å². The molecule has 1 aromatic carbocycles. The van der Waals surface area contributed by atoms with Gasteiger partial charge in [0.05, 0.1) is 4.91 Å². The molecule has 5 nitrogen and oxygen atoms in total. The van der Waals surface area contributed by atoms with Crippen molar-refractivity contribution in [3.05, 3.63) is 47.4 Å². The van der Waals surface area contributed by atoms with Crippen LogP contribution in [0.15, 0.2) is 46.8 Å². The Kier molecular flexibility index (Phi) is 4.94. The molecule has 0 fully saturated rings. The molecule has 6 heteroatoms. The SMILES string of the molecule is C=CCOc1cccc(/C=C2\SC(NC(C)=O)=NC2=O)c1. The number of aliphatic imine (C=N–C) groups is 1. The minimum atomic E-state index is -0.360. The lowest BCUT2D eigenvalue weighted by Crippen LogP contribution is -2.23. The third kappa shape index (κ3) is 4.32. The molecule has 0 unspecified atom stereocenters. The van der Waals surface area contributed by atoms with E-state index in [4.69, 9.17) is 4.74 Å². The standard InChI is InChI=1S/C15H14N2O3S/c1-3-7-20-12-6-4-5-11(8-12)9-13-14(19)17-15(21-13)16-10(2)18/h3-6,8-9H,1,7H2,2H3,(H,16,17,18,19)/b13-9-. The number of rotatable bonds is 4. The van der Waals surface area contributed by atoms with Crippen molar-refractivity contribution in [1.82, 2.24) is 5.32 Å². The smallest absolute Gasteiger partial charge is 0.286 e. The third-order valence-electron chi connectivity index (χ3n) is 2.43. The number of carbonyl (C=O) groups excluding carboxylic acids is 2. The first kappa shape index (κ1) is 15.1.